The smallest absolute Gasteiger partial charge is 0.330 e. The Balaban J connectivity index is 2.93. The molecule has 1 aromatic heterocycles. The predicted molar refractivity (Wildman–Crippen MR) is 61.9 cm³/mol. The van der Waals surface area contributed by atoms with Crippen LogP contribution in [0, 0.1) is 6.92 Å². The van der Waals surface area contributed by atoms with Gasteiger partial charge in [0.25, 0.3) is 0 Å². The lowest BCUT2D eigenvalue weighted by Crippen LogP contribution is -2.02. The highest BCUT2D eigenvalue weighted by Gasteiger charge is 2.06. The van der Waals surface area contributed by atoms with Gasteiger partial charge in [-0.3, -0.25) is 0 Å². The quantitative estimate of drug-likeness (QED) is 0.494. The van der Waals surface area contributed by atoms with Crippen LogP contribution in [-0.2, 0) is 9.53 Å². The Morgan fingerprint density at radius 2 is 2.25 bits per heavy atom. The molecule has 0 saturated carbocycles. The normalized spacial score (nSPS) is 10.7. The predicted octanol–water partition coefficient (Wildman–Crippen LogP) is 1.60. The van der Waals surface area contributed by atoms with Crippen molar-refractivity contribution in [3.05, 3.63) is 22.6 Å². The summed E-state index contributed by atoms with van der Waals surface area (Å²) in [6.45, 7) is 3.72. The van der Waals surface area contributed by atoms with Gasteiger partial charge in [0.05, 0.1) is 12.2 Å². The average molecular weight is 242 g/mol. The minimum absolute atomic E-state index is 0.213. The van der Waals surface area contributed by atoms with E-state index < -0.39 is 5.97 Å². The highest BCUT2D eigenvalue weighted by atomic mass is 35.5. The van der Waals surface area contributed by atoms with E-state index >= 15 is 0 Å². The molecule has 1 heterocycles. The molecule has 0 bridgehead atoms. The minimum Gasteiger partial charge on any atom is -0.463 e. The molecule has 0 aliphatic heterocycles. The summed E-state index contributed by atoms with van der Waals surface area (Å²) in [7, 11) is 0. The van der Waals surface area contributed by atoms with Crippen molar-refractivity contribution in [2.75, 3.05) is 12.3 Å². The number of halogens is 1. The second-order valence-corrected chi connectivity index (χ2v) is 3.30. The zero-order valence-corrected chi connectivity index (χ0v) is 9.78. The van der Waals surface area contributed by atoms with Crippen LogP contribution in [0.5, 0.6) is 0 Å². The fourth-order valence-electron chi connectivity index (χ4n) is 1.06. The van der Waals surface area contributed by atoms with Gasteiger partial charge in [-0.2, -0.15) is 0 Å². The molecule has 0 atom stereocenters. The lowest BCUT2D eigenvalue weighted by molar-refractivity contribution is -0.137. The van der Waals surface area contributed by atoms with Crippen LogP contribution in [0.2, 0.25) is 5.15 Å². The number of nitrogens with zero attached hydrogens (tertiary/aromatic N) is 2. The lowest BCUT2D eigenvalue weighted by atomic mass is 10.3. The van der Waals surface area contributed by atoms with E-state index in [2.05, 4.69) is 9.97 Å². The molecule has 0 aromatic carbocycles. The molecule has 0 fully saturated rings. The Morgan fingerprint density at radius 1 is 1.56 bits per heavy atom. The molecule has 0 aliphatic carbocycles. The fraction of sp³-hybridized carbons (Fsp3) is 0.300. The largest absolute Gasteiger partial charge is 0.463 e. The van der Waals surface area contributed by atoms with Gasteiger partial charge in [0.2, 0.25) is 0 Å². The van der Waals surface area contributed by atoms with Gasteiger partial charge >= 0.3 is 5.97 Å². The number of carbonyl (C=O) groups is 1. The van der Waals surface area contributed by atoms with Gasteiger partial charge in [0.15, 0.2) is 0 Å². The Labute approximate surface area is 98.3 Å². The third kappa shape index (κ3) is 3.20. The molecule has 86 valence electrons. The number of hydrogen-bond donors (Lipinski definition) is 1. The molecule has 0 radical (unpaired) electrons. The summed E-state index contributed by atoms with van der Waals surface area (Å²) >= 11 is 5.86. The van der Waals surface area contributed by atoms with Crippen LogP contribution in [0.4, 0.5) is 5.82 Å². The first kappa shape index (κ1) is 12.4. The average Bonchev–Trinajstić information content (AvgIpc) is 2.16. The van der Waals surface area contributed by atoms with E-state index in [-0.39, 0.29) is 11.0 Å². The number of anilines is 1. The highest BCUT2D eigenvalue weighted by molar-refractivity contribution is 6.31. The van der Waals surface area contributed by atoms with Gasteiger partial charge in [-0.25, -0.2) is 14.8 Å². The van der Waals surface area contributed by atoms with Crippen LogP contribution >= 0.6 is 11.6 Å². The number of hydrogen-bond acceptors (Lipinski definition) is 5. The summed E-state index contributed by atoms with van der Waals surface area (Å²) in [5, 5.41) is 0.213. The fourth-order valence-corrected chi connectivity index (χ4v) is 1.35. The monoisotopic (exact) mass is 241 g/mol. The minimum atomic E-state index is -0.460. The molecule has 1 rings (SSSR count). The maximum Gasteiger partial charge on any atom is 0.330 e. The van der Waals surface area contributed by atoms with E-state index in [4.69, 9.17) is 22.1 Å². The van der Waals surface area contributed by atoms with Gasteiger partial charge < -0.3 is 10.5 Å². The zero-order chi connectivity index (χ0) is 12.1. The summed E-state index contributed by atoms with van der Waals surface area (Å²) in [5.41, 5.74) is 6.06. The lowest BCUT2D eigenvalue weighted by Gasteiger charge is -2.02. The molecule has 16 heavy (non-hydrogen) atoms. The first-order chi connectivity index (χ1) is 7.54. The number of ether oxygens (including phenoxy) is 1. The molecule has 6 heteroatoms. The van der Waals surface area contributed by atoms with Crippen molar-refractivity contribution in [3.8, 4) is 0 Å². The van der Waals surface area contributed by atoms with Crippen LogP contribution in [0.25, 0.3) is 6.08 Å². The van der Waals surface area contributed by atoms with Crippen molar-refractivity contribution in [2.45, 2.75) is 13.8 Å². The van der Waals surface area contributed by atoms with E-state index in [1.165, 1.54) is 12.2 Å². The van der Waals surface area contributed by atoms with Crippen molar-refractivity contribution in [1.29, 1.82) is 0 Å². The second kappa shape index (κ2) is 5.46. The summed E-state index contributed by atoms with van der Waals surface area (Å²) in [5.74, 6) is 0.257. The van der Waals surface area contributed by atoms with Crippen molar-refractivity contribution in [1.82, 2.24) is 9.97 Å². The molecule has 0 aliphatic rings. The van der Waals surface area contributed by atoms with Crippen LogP contribution in [0.3, 0.4) is 0 Å². The summed E-state index contributed by atoms with van der Waals surface area (Å²) in [6, 6.07) is 0. The van der Waals surface area contributed by atoms with Gasteiger partial charge in [0, 0.05) is 6.08 Å². The molecule has 0 spiro atoms. The third-order valence-electron chi connectivity index (χ3n) is 1.71. The Morgan fingerprint density at radius 3 is 2.81 bits per heavy atom. The summed E-state index contributed by atoms with van der Waals surface area (Å²) in [6.07, 6.45) is 2.68. The van der Waals surface area contributed by atoms with Crippen molar-refractivity contribution >= 4 is 29.5 Å². The molecular formula is C10H12ClN3O2. The van der Waals surface area contributed by atoms with E-state index in [1.807, 2.05) is 0 Å². The van der Waals surface area contributed by atoms with E-state index in [9.17, 15) is 4.79 Å². The molecule has 5 nitrogen and oxygen atoms in total. The Bertz CT molecular complexity index is 409. The topological polar surface area (TPSA) is 78.1 Å². The van der Waals surface area contributed by atoms with Crippen LogP contribution in [0.15, 0.2) is 6.08 Å². The second-order valence-electron chi connectivity index (χ2n) is 2.95. The number of rotatable bonds is 3. The highest BCUT2D eigenvalue weighted by Crippen LogP contribution is 2.20. The molecule has 1 aromatic rings. The van der Waals surface area contributed by atoms with Crippen LogP contribution < -0.4 is 5.73 Å². The standard InChI is InChI=1S/C10H12ClN3O2/c1-3-16-8(15)5-4-7-9(11)13-6(2)14-10(7)12/h4-5H,3H2,1-2H3,(H2,12,13,14)/b5-4+. The number of aryl methyl sites for hydroxylation is 1. The molecule has 0 saturated heterocycles. The van der Waals surface area contributed by atoms with Crippen LogP contribution in [0.1, 0.15) is 18.3 Å². The van der Waals surface area contributed by atoms with Crippen molar-refractivity contribution in [3.63, 3.8) is 0 Å². The number of nitrogen functional groups attached to an aromatic ring is 1. The van der Waals surface area contributed by atoms with Gasteiger partial charge in [-0.15, -0.1) is 0 Å². The first-order valence-electron chi connectivity index (χ1n) is 4.69. The van der Waals surface area contributed by atoms with Gasteiger partial charge in [-0.05, 0) is 19.9 Å². The van der Waals surface area contributed by atoms with Gasteiger partial charge in [0.1, 0.15) is 16.8 Å². The van der Waals surface area contributed by atoms with Crippen molar-refractivity contribution < 1.29 is 9.53 Å². The maximum atomic E-state index is 11.1. The van der Waals surface area contributed by atoms with Crippen molar-refractivity contribution in [2.24, 2.45) is 0 Å². The van der Waals surface area contributed by atoms with E-state index in [0.29, 0.717) is 18.0 Å². The molecule has 2 N–H and O–H groups in total. The van der Waals surface area contributed by atoms with Gasteiger partial charge in [-0.1, -0.05) is 11.6 Å². The zero-order valence-electron chi connectivity index (χ0n) is 9.03. The number of esters is 1. The van der Waals surface area contributed by atoms with E-state index in [1.54, 1.807) is 13.8 Å². The third-order valence-corrected chi connectivity index (χ3v) is 2.00. The molecular weight excluding hydrogens is 230 g/mol. The van der Waals surface area contributed by atoms with Crippen LogP contribution in [-0.4, -0.2) is 22.5 Å². The number of carbonyl (C=O) groups excluding carboxylic acids is 1. The van der Waals surface area contributed by atoms with E-state index in [0.717, 1.165) is 0 Å². The molecule has 0 unspecified atom stereocenters. The summed E-state index contributed by atoms with van der Waals surface area (Å²) in [4.78, 5) is 18.9. The number of nitrogens with two attached hydrogens (primary N) is 1. The summed E-state index contributed by atoms with van der Waals surface area (Å²) < 4.78 is 4.72. The number of aromatic nitrogens is 2. The molecule has 0 amide bonds. The first-order valence-corrected chi connectivity index (χ1v) is 5.06. The SMILES string of the molecule is CCOC(=O)/C=C/c1c(N)nc(C)nc1Cl. The Hall–Kier alpha value is -1.62. The maximum absolute atomic E-state index is 11.1. The Kier molecular flexibility index (Phi) is 4.25.